The largest absolute Gasteiger partial charge is 0.488 e. The Morgan fingerprint density at radius 3 is 2.50 bits per heavy atom. The van der Waals surface area contributed by atoms with Crippen molar-refractivity contribution in [1.82, 2.24) is 0 Å². The second kappa shape index (κ2) is 8.03. The molecule has 0 fully saturated rings. The predicted molar refractivity (Wildman–Crippen MR) is 116 cm³/mol. The molecule has 152 valence electrons. The molecule has 0 saturated carbocycles. The van der Waals surface area contributed by atoms with Gasteiger partial charge in [0, 0.05) is 22.9 Å². The van der Waals surface area contributed by atoms with E-state index in [0.29, 0.717) is 28.9 Å². The molecule has 30 heavy (non-hydrogen) atoms. The van der Waals surface area contributed by atoms with E-state index in [1.165, 1.54) is 0 Å². The van der Waals surface area contributed by atoms with Crippen LogP contribution in [0.4, 0.5) is 0 Å². The van der Waals surface area contributed by atoms with E-state index >= 15 is 0 Å². The van der Waals surface area contributed by atoms with Gasteiger partial charge >= 0.3 is 11.6 Å². The predicted octanol–water partition coefficient (Wildman–Crippen LogP) is 5.46. The molecule has 0 spiro atoms. The fourth-order valence-corrected chi connectivity index (χ4v) is 3.55. The minimum Gasteiger partial charge on any atom is -0.488 e. The Morgan fingerprint density at radius 1 is 0.933 bits per heavy atom. The molecule has 0 aliphatic carbocycles. The topological polar surface area (TPSA) is 65.7 Å². The first-order chi connectivity index (χ1) is 14.5. The van der Waals surface area contributed by atoms with Crippen molar-refractivity contribution in [3.8, 4) is 11.5 Å². The minimum atomic E-state index is -0.670. The third-order valence-corrected chi connectivity index (χ3v) is 5.25. The Kier molecular flexibility index (Phi) is 5.27. The Balaban J connectivity index is 1.69. The van der Waals surface area contributed by atoms with Gasteiger partial charge in [0.15, 0.2) is 0 Å². The summed E-state index contributed by atoms with van der Waals surface area (Å²) in [6.45, 7) is 5.65. The van der Waals surface area contributed by atoms with Crippen molar-refractivity contribution in [1.29, 1.82) is 0 Å². The van der Waals surface area contributed by atoms with Gasteiger partial charge in [-0.15, -0.1) is 0 Å². The summed E-state index contributed by atoms with van der Waals surface area (Å²) in [4.78, 5) is 24.0. The van der Waals surface area contributed by atoms with E-state index in [0.717, 1.165) is 21.9 Å². The fraction of sp³-hybridized carbons (Fsp3) is 0.200. The first-order valence-electron chi connectivity index (χ1n) is 9.86. The van der Waals surface area contributed by atoms with Crippen molar-refractivity contribution >= 4 is 27.7 Å². The molecule has 0 N–H and O–H groups in total. The lowest BCUT2D eigenvalue weighted by Crippen LogP contribution is -2.15. The highest BCUT2D eigenvalue weighted by molar-refractivity contribution is 5.87. The van der Waals surface area contributed by atoms with Crippen molar-refractivity contribution in [2.75, 3.05) is 0 Å². The number of rotatable bonds is 5. The average Bonchev–Trinajstić information content (AvgIpc) is 2.76. The van der Waals surface area contributed by atoms with Crippen molar-refractivity contribution in [3.05, 3.63) is 81.7 Å². The van der Waals surface area contributed by atoms with Crippen LogP contribution in [-0.2, 0) is 11.4 Å². The highest BCUT2D eigenvalue weighted by Crippen LogP contribution is 2.32. The van der Waals surface area contributed by atoms with Gasteiger partial charge in [-0.05, 0) is 42.3 Å². The van der Waals surface area contributed by atoms with Crippen LogP contribution in [-0.4, -0.2) is 5.97 Å². The SMILES string of the molecule is CCC(=O)Oc1c(C)c2ccc(OCc3cccc4ccccc34)c(C)c2oc1=O. The summed E-state index contributed by atoms with van der Waals surface area (Å²) in [5, 5.41) is 3.01. The highest BCUT2D eigenvalue weighted by atomic mass is 16.5. The highest BCUT2D eigenvalue weighted by Gasteiger charge is 2.18. The zero-order chi connectivity index (χ0) is 21.3. The third-order valence-electron chi connectivity index (χ3n) is 5.25. The number of carbonyl (C=O) groups is 1. The summed E-state index contributed by atoms with van der Waals surface area (Å²) < 4.78 is 16.8. The second-order valence-electron chi connectivity index (χ2n) is 7.16. The number of aryl methyl sites for hydroxylation is 2. The van der Waals surface area contributed by atoms with Gasteiger partial charge in [-0.1, -0.05) is 49.4 Å². The van der Waals surface area contributed by atoms with Gasteiger partial charge in [0.05, 0.1) is 0 Å². The van der Waals surface area contributed by atoms with E-state index in [-0.39, 0.29) is 12.2 Å². The van der Waals surface area contributed by atoms with E-state index in [9.17, 15) is 9.59 Å². The standard InChI is InChI=1S/C25H22O5/c1-4-22(26)29-24-15(2)19-12-13-21(16(3)23(19)30-25(24)27)28-14-18-10-7-9-17-8-5-6-11-20(17)18/h5-13H,4,14H2,1-3H3. The number of fused-ring (bicyclic) bond motifs is 2. The van der Waals surface area contributed by atoms with Gasteiger partial charge in [0.1, 0.15) is 17.9 Å². The number of carbonyl (C=O) groups excluding carboxylic acids is 1. The first-order valence-corrected chi connectivity index (χ1v) is 9.86. The molecular weight excluding hydrogens is 380 g/mol. The molecule has 0 atom stereocenters. The van der Waals surface area contributed by atoms with Crippen LogP contribution in [0, 0.1) is 13.8 Å². The monoisotopic (exact) mass is 402 g/mol. The van der Waals surface area contributed by atoms with Gasteiger partial charge in [-0.25, -0.2) is 4.79 Å². The minimum absolute atomic E-state index is 0.0572. The van der Waals surface area contributed by atoms with Crippen LogP contribution in [0.3, 0.4) is 0 Å². The lowest BCUT2D eigenvalue weighted by atomic mass is 10.0. The number of esters is 1. The summed E-state index contributed by atoms with van der Waals surface area (Å²) in [6, 6.07) is 17.9. The third kappa shape index (κ3) is 3.54. The smallest absolute Gasteiger partial charge is 0.380 e. The molecule has 5 nitrogen and oxygen atoms in total. The van der Waals surface area contributed by atoms with Crippen LogP contribution in [0.1, 0.15) is 30.0 Å². The summed E-state index contributed by atoms with van der Waals surface area (Å²) in [5.41, 5.74) is 2.14. The molecule has 0 bridgehead atoms. The maximum absolute atomic E-state index is 12.4. The molecule has 0 unspecified atom stereocenters. The van der Waals surface area contributed by atoms with Gasteiger partial charge in [0.25, 0.3) is 0 Å². The molecule has 4 aromatic rings. The molecule has 0 amide bonds. The Labute approximate surface area is 173 Å². The van der Waals surface area contributed by atoms with E-state index < -0.39 is 11.6 Å². The molecule has 3 aromatic carbocycles. The molecule has 1 heterocycles. The van der Waals surface area contributed by atoms with E-state index in [2.05, 4.69) is 18.2 Å². The molecular formula is C25H22O5. The maximum Gasteiger partial charge on any atom is 0.380 e. The summed E-state index contributed by atoms with van der Waals surface area (Å²) in [5.74, 6) is 0.103. The normalized spacial score (nSPS) is 11.0. The molecule has 0 aliphatic rings. The molecule has 5 heteroatoms. The lowest BCUT2D eigenvalue weighted by Gasteiger charge is -2.14. The molecule has 1 aromatic heterocycles. The first kappa shape index (κ1) is 19.7. The molecule has 0 aliphatic heterocycles. The fourth-order valence-electron chi connectivity index (χ4n) is 3.55. The Morgan fingerprint density at radius 2 is 1.70 bits per heavy atom. The second-order valence-corrected chi connectivity index (χ2v) is 7.16. The van der Waals surface area contributed by atoms with Crippen LogP contribution in [0.15, 0.2) is 63.8 Å². The Hall–Kier alpha value is -3.60. The zero-order valence-corrected chi connectivity index (χ0v) is 17.2. The van der Waals surface area contributed by atoms with E-state index in [4.69, 9.17) is 13.9 Å². The number of benzene rings is 3. The lowest BCUT2D eigenvalue weighted by molar-refractivity contribution is -0.134. The molecule has 0 saturated heterocycles. The van der Waals surface area contributed by atoms with E-state index in [1.54, 1.807) is 13.8 Å². The van der Waals surface area contributed by atoms with Crippen LogP contribution < -0.4 is 15.1 Å². The Bertz CT molecular complexity index is 1310. The van der Waals surface area contributed by atoms with Crippen LogP contribution in [0.5, 0.6) is 11.5 Å². The summed E-state index contributed by atoms with van der Waals surface area (Å²) in [6.07, 6.45) is 0.177. The van der Waals surface area contributed by atoms with Crippen LogP contribution in [0.25, 0.3) is 21.7 Å². The summed E-state index contributed by atoms with van der Waals surface area (Å²) >= 11 is 0. The van der Waals surface area contributed by atoms with Gasteiger partial charge in [0.2, 0.25) is 5.75 Å². The van der Waals surface area contributed by atoms with Gasteiger partial charge < -0.3 is 13.9 Å². The van der Waals surface area contributed by atoms with Crippen molar-refractivity contribution in [2.24, 2.45) is 0 Å². The summed E-state index contributed by atoms with van der Waals surface area (Å²) in [7, 11) is 0. The number of ether oxygens (including phenoxy) is 2. The van der Waals surface area contributed by atoms with Gasteiger partial charge in [-0.2, -0.15) is 0 Å². The van der Waals surface area contributed by atoms with Crippen molar-refractivity contribution in [3.63, 3.8) is 0 Å². The average molecular weight is 402 g/mol. The molecule has 4 rings (SSSR count). The maximum atomic E-state index is 12.4. The number of hydrogen-bond donors (Lipinski definition) is 0. The number of hydrogen-bond acceptors (Lipinski definition) is 5. The van der Waals surface area contributed by atoms with Crippen molar-refractivity contribution in [2.45, 2.75) is 33.8 Å². The zero-order valence-electron chi connectivity index (χ0n) is 17.2. The molecule has 0 radical (unpaired) electrons. The van der Waals surface area contributed by atoms with Crippen LogP contribution >= 0.6 is 0 Å². The quantitative estimate of drug-likeness (QED) is 0.328. The van der Waals surface area contributed by atoms with Gasteiger partial charge in [-0.3, -0.25) is 4.79 Å². The van der Waals surface area contributed by atoms with Crippen LogP contribution in [0.2, 0.25) is 0 Å². The van der Waals surface area contributed by atoms with Crippen molar-refractivity contribution < 1.29 is 18.7 Å². The van der Waals surface area contributed by atoms with E-state index in [1.807, 2.05) is 43.3 Å².